The summed E-state index contributed by atoms with van der Waals surface area (Å²) >= 11 is 0. The maximum Gasteiger partial charge on any atom is 0.416 e. The van der Waals surface area contributed by atoms with Gasteiger partial charge in [-0.2, -0.15) is 13.2 Å². The van der Waals surface area contributed by atoms with Crippen molar-refractivity contribution in [3.8, 4) is 0 Å². The quantitative estimate of drug-likeness (QED) is 0.591. The van der Waals surface area contributed by atoms with Crippen molar-refractivity contribution < 1.29 is 17.9 Å². The first kappa shape index (κ1) is 20.9. The summed E-state index contributed by atoms with van der Waals surface area (Å²) in [6, 6.07) is 5.20. The third-order valence-corrected chi connectivity index (χ3v) is 5.75. The van der Waals surface area contributed by atoms with E-state index in [1.165, 1.54) is 25.0 Å². The number of halogens is 3. The Bertz CT molecular complexity index is 648. The summed E-state index contributed by atoms with van der Waals surface area (Å²) in [5, 5.41) is 6.62. The molecule has 1 aromatic rings. The maximum atomic E-state index is 12.7. The molecule has 2 aliphatic rings. The Kier molecular flexibility index (Phi) is 6.82. The Balaban J connectivity index is 1.55. The van der Waals surface area contributed by atoms with Crippen molar-refractivity contribution in [1.29, 1.82) is 0 Å². The van der Waals surface area contributed by atoms with Crippen LogP contribution < -0.4 is 10.6 Å². The summed E-state index contributed by atoms with van der Waals surface area (Å²) < 4.78 is 43.6. The zero-order valence-electron chi connectivity index (χ0n) is 16.3. The Morgan fingerprint density at radius 2 is 1.75 bits per heavy atom. The lowest BCUT2D eigenvalue weighted by molar-refractivity contribution is -0.137. The molecule has 5 nitrogen and oxygen atoms in total. The van der Waals surface area contributed by atoms with Gasteiger partial charge in [-0.25, -0.2) is 0 Å². The van der Waals surface area contributed by atoms with Gasteiger partial charge in [0.15, 0.2) is 5.96 Å². The standard InChI is InChI=1S/C20H29F3N4O/c1-24-18(25-14-16-4-6-17(7-5-16)20(21,22)23)26-15-19(8-12-28-13-9-19)27-10-2-3-11-27/h4-7H,2-3,8-15H2,1H3,(H2,24,25,26). The third-order valence-electron chi connectivity index (χ3n) is 5.75. The average Bonchev–Trinajstić information content (AvgIpc) is 3.24. The van der Waals surface area contributed by atoms with E-state index in [0.29, 0.717) is 12.5 Å². The molecule has 0 spiro atoms. The highest BCUT2D eigenvalue weighted by Crippen LogP contribution is 2.31. The Morgan fingerprint density at radius 3 is 2.32 bits per heavy atom. The minimum absolute atomic E-state index is 0.0841. The first-order chi connectivity index (χ1) is 13.4. The fourth-order valence-electron chi connectivity index (χ4n) is 4.01. The summed E-state index contributed by atoms with van der Waals surface area (Å²) in [7, 11) is 1.70. The summed E-state index contributed by atoms with van der Waals surface area (Å²) in [6.07, 6.45) is 0.163. The van der Waals surface area contributed by atoms with Crippen LogP contribution in [0.4, 0.5) is 13.2 Å². The number of likely N-dealkylation sites (tertiary alicyclic amines) is 1. The number of alkyl halides is 3. The molecule has 2 fully saturated rings. The molecule has 8 heteroatoms. The fourth-order valence-corrected chi connectivity index (χ4v) is 4.01. The van der Waals surface area contributed by atoms with Crippen LogP contribution in [0.2, 0.25) is 0 Å². The molecule has 3 rings (SSSR count). The van der Waals surface area contributed by atoms with Crippen LogP contribution >= 0.6 is 0 Å². The number of hydrogen-bond donors (Lipinski definition) is 2. The lowest BCUT2D eigenvalue weighted by Crippen LogP contribution is -2.58. The molecule has 0 aromatic heterocycles. The van der Waals surface area contributed by atoms with Gasteiger partial charge in [0.1, 0.15) is 0 Å². The summed E-state index contributed by atoms with van der Waals surface area (Å²) in [6.45, 7) is 4.99. The van der Waals surface area contributed by atoms with Gasteiger partial charge in [0.25, 0.3) is 0 Å². The molecular weight excluding hydrogens is 369 g/mol. The molecule has 156 valence electrons. The number of benzene rings is 1. The molecule has 2 heterocycles. The van der Waals surface area contributed by atoms with E-state index in [0.717, 1.165) is 63.4 Å². The normalized spacial score (nSPS) is 20.9. The zero-order valence-corrected chi connectivity index (χ0v) is 16.3. The topological polar surface area (TPSA) is 48.9 Å². The monoisotopic (exact) mass is 398 g/mol. The predicted octanol–water partition coefficient (Wildman–Crippen LogP) is 3.02. The van der Waals surface area contributed by atoms with E-state index in [2.05, 4.69) is 20.5 Å². The van der Waals surface area contributed by atoms with E-state index >= 15 is 0 Å². The highest BCUT2D eigenvalue weighted by Gasteiger charge is 2.39. The summed E-state index contributed by atoms with van der Waals surface area (Å²) in [4.78, 5) is 6.84. The molecule has 0 saturated carbocycles. The number of nitrogens with zero attached hydrogens (tertiary/aromatic N) is 2. The molecule has 0 aliphatic carbocycles. The smallest absolute Gasteiger partial charge is 0.381 e. The Labute approximate surface area is 164 Å². The van der Waals surface area contributed by atoms with Gasteiger partial charge in [-0.15, -0.1) is 0 Å². The van der Waals surface area contributed by atoms with Gasteiger partial charge < -0.3 is 15.4 Å². The summed E-state index contributed by atoms with van der Waals surface area (Å²) in [5.41, 5.74) is 0.225. The summed E-state index contributed by atoms with van der Waals surface area (Å²) in [5.74, 6) is 0.657. The molecule has 0 atom stereocenters. The fraction of sp³-hybridized carbons (Fsp3) is 0.650. The number of hydrogen-bond acceptors (Lipinski definition) is 3. The highest BCUT2D eigenvalue weighted by atomic mass is 19.4. The first-order valence-corrected chi connectivity index (χ1v) is 9.86. The maximum absolute atomic E-state index is 12.7. The van der Waals surface area contributed by atoms with Gasteiger partial charge in [0, 0.05) is 38.9 Å². The van der Waals surface area contributed by atoms with Crippen molar-refractivity contribution >= 4 is 5.96 Å². The molecule has 1 aromatic carbocycles. The largest absolute Gasteiger partial charge is 0.416 e. The molecule has 2 saturated heterocycles. The second-order valence-corrected chi connectivity index (χ2v) is 7.50. The van der Waals surface area contributed by atoms with E-state index in [1.807, 2.05) is 0 Å². The molecule has 0 amide bonds. The molecule has 2 aliphatic heterocycles. The van der Waals surface area contributed by atoms with Crippen molar-refractivity contribution in [2.75, 3.05) is 39.9 Å². The average molecular weight is 398 g/mol. The van der Waals surface area contributed by atoms with Crippen LogP contribution in [0, 0.1) is 0 Å². The third kappa shape index (κ3) is 5.17. The Hall–Kier alpha value is -1.80. The van der Waals surface area contributed by atoms with Crippen LogP contribution in [0.3, 0.4) is 0 Å². The predicted molar refractivity (Wildman–Crippen MR) is 103 cm³/mol. The SMILES string of the molecule is CN=C(NCc1ccc(C(F)(F)F)cc1)NCC1(N2CCCC2)CCOCC1. The van der Waals surface area contributed by atoms with Gasteiger partial charge in [-0.1, -0.05) is 12.1 Å². The number of ether oxygens (including phenoxy) is 1. The minimum atomic E-state index is -4.31. The van der Waals surface area contributed by atoms with E-state index in [-0.39, 0.29) is 5.54 Å². The minimum Gasteiger partial charge on any atom is -0.381 e. The van der Waals surface area contributed by atoms with Gasteiger partial charge in [-0.3, -0.25) is 9.89 Å². The second kappa shape index (κ2) is 9.13. The van der Waals surface area contributed by atoms with Crippen molar-refractivity contribution in [1.82, 2.24) is 15.5 Å². The van der Waals surface area contributed by atoms with E-state index in [1.54, 1.807) is 7.05 Å². The van der Waals surface area contributed by atoms with Crippen LogP contribution in [0.1, 0.15) is 36.8 Å². The molecule has 2 N–H and O–H groups in total. The van der Waals surface area contributed by atoms with Crippen molar-refractivity contribution in [2.45, 2.75) is 43.9 Å². The van der Waals surface area contributed by atoms with Crippen LogP contribution in [0.5, 0.6) is 0 Å². The van der Waals surface area contributed by atoms with Crippen LogP contribution in [0.15, 0.2) is 29.3 Å². The van der Waals surface area contributed by atoms with E-state index < -0.39 is 11.7 Å². The lowest BCUT2D eigenvalue weighted by atomic mass is 9.88. The molecule has 0 radical (unpaired) electrons. The molecular formula is C20H29F3N4O. The molecule has 0 bridgehead atoms. The number of nitrogens with one attached hydrogen (secondary N) is 2. The van der Waals surface area contributed by atoms with Crippen molar-refractivity contribution in [3.63, 3.8) is 0 Å². The first-order valence-electron chi connectivity index (χ1n) is 9.86. The van der Waals surface area contributed by atoms with Gasteiger partial charge in [-0.05, 0) is 56.5 Å². The highest BCUT2D eigenvalue weighted by molar-refractivity contribution is 5.79. The van der Waals surface area contributed by atoms with Gasteiger partial charge >= 0.3 is 6.18 Å². The van der Waals surface area contributed by atoms with Gasteiger partial charge in [0.2, 0.25) is 0 Å². The van der Waals surface area contributed by atoms with Crippen LogP contribution in [-0.2, 0) is 17.5 Å². The van der Waals surface area contributed by atoms with Crippen LogP contribution in [-0.4, -0.2) is 56.3 Å². The van der Waals surface area contributed by atoms with E-state index in [4.69, 9.17) is 4.74 Å². The second-order valence-electron chi connectivity index (χ2n) is 7.50. The number of guanidine groups is 1. The van der Waals surface area contributed by atoms with Crippen molar-refractivity contribution in [2.24, 2.45) is 4.99 Å². The van der Waals surface area contributed by atoms with Crippen molar-refractivity contribution in [3.05, 3.63) is 35.4 Å². The Morgan fingerprint density at radius 1 is 1.11 bits per heavy atom. The molecule has 28 heavy (non-hydrogen) atoms. The van der Waals surface area contributed by atoms with Gasteiger partial charge in [0.05, 0.1) is 5.56 Å². The zero-order chi connectivity index (χ0) is 20.0. The molecule has 0 unspecified atom stereocenters. The lowest BCUT2D eigenvalue weighted by Gasteiger charge is -2.45. The van der Waals surface area contributed by atoms with Crippen LogP contribution in [0.25, 0.3) is 0 Å². The number of aliphatic imine (C=N–C) groups is 1. The number of rotatable bonds is 5. The van der Waals surface area contributed by atoms with E-state index in [9.17, 15) is 13.2 Å².